The molecule has 2 aromatic rings. The second-order valence-electron chi connectivity index (χ2n) is 4.19. The highest BCUT2D eigenvalue weighted by Gasteiger charge is 2.14. The number of carbonyl (C=O) groups excluding carboxylic acids is 2. The first-order valence-corrected chi connectivity index (χ1v) is 6.73. The van der Waals surface area contributed by atoms with Crippen molar-refractivity contribution in [1.82, 2.24) is 0 Å². The van der Waals surface area contributed by atoms with E-state index >= 15 is 0 Å². The number of esters is 1. The number of halogens is 2. The molecule has 0 saturated heterocycles. The Morgan fingerprint density at radius 1 is 1.33 bits per heavy atom. The molecular formula is C14H11BrFNO4. The molecule has 0 spiro atoms. The molecule has 0 atom stereocenters. The fraction of sp³-hybridized carbons (Fsp3) is 0.143. The largest absolute Gasteiger partial charge is 0.450 e. The van der Waals surface area contributed by atoms with Crippen LogP contribution in [0.2, 0.25) is 0 Å². The monoisotopic (exact) mass is 355 g/mol. The smallest absolute Gasteiger partial charge is 0.374 e. The minimum Gasteiger partial charge on any atom is -0.450 e. The first-order valence-electron chi connectivity index (χ1n) is 5.94. The number of hydrogen-bond donors (Lipinski definition) is 1. The summed E-state index contributed by atoms with van der Waals surface area (Å²) in [6.45, 7) is 1.23. The van der Waals surface area contributed by atoms with Crippen LogP contribution in [-0.4, -0.2) is 18.5 Å². The van der Waals surface area contributed by atoms with Crippen molar-refractivity contribution in [2.45, 2.75) is 6.92 Å². The fourth-order valence-corrected chi connectivity index (χ4v) is 1.85. The first kappa shape index (κ1) is 15.2. The molecule has 110 valence electrons. The number of nitrogens with one attached hydrogen (secondary N) is 1. The lowest BCUT2D eigenvalue weighted by Crippen LogP contribution is -2.21. The predicted octanol–water partition coefficient (Wildman–Crippen LogP) is 3.29. The lowest BCUT2D eigenvalue weighted by Gasteiger charge is -2.08. The summed E-state index contributed by atoms with van der Waals surface area (Å²) in [5.74, 6) is -1.81. The maximum absolute atomic E-state index is 13.1. The first-order chi connectivity index (χ1) is 9.95. The molecule has 1 heterocycles. The van der Waals surface area contributed by atoms with E-state index in [-0.39, 0.29) is 5.76 Å². The van der Waals surface area contributed by atoms with Gasteiger partial charge >= 0.3 is 5.97 Å². The van der Waals surface area contributed by atoms with Crippen LogP contribution in [0, 0.1) is 12.7 Å². The molecule has 0 bridgehead atoms. The Balaban J connectivity index is 1.90. The molecule has 7 heteroatoms. The van der Waals surface area contributed by atoms with Crippen LogP contribution in [0.1, 0.15) is 16.1 Å². The van der Waals surface area contributed by atoms with Crippen LogP contribution in [-0.2, 0) is 9.53 Å². The van der Waals surface area contributed by atoms with Crippen molar-refractivity contribution in [3.05, 3.63) is 52.1 Å². The summed E-state index contributed by atoms with van der Waals surface area (Å²) in [5, 5.41) is 2.47. The van der Waals surface area contributed by atoms with Gasteiger partial charge < -0.3 is 14.5 Å². The number of anilines is 1. The fourth-order valence-electron chi connectivity index (χ4n) is 1.54. The van der Waals surface area contributed by atoms with E-state index in [9.17, 15) is 14.0 Å². The zero-order valence-electron chi connectivity index (χ0n) is 11.0. The number of rotatable bonds is 4. The highest BCUT2D eigenvalue weighted by atomic mass is 79.9. The van der Waals surface area contributed by atoms with Crippen LogP contribution in [0.5, 0.6) is 0 Å². The van der Waals surface area contributed by atoms with Crippen LogP contribution in [0.25, 0.3) is 0 Å². The van der Waals surface area contributed by atoms with Crippen molar-refractivity contribution in [2.75, 3.05) is 11.9 Å². The Morgan fingerprint density at radius 3 is 2.76 bits per heavy atom. The van der Waals surface area contributed by atoms with E-state index in [2.05, 4.69) is 21.2 Å². The summed E-state index contributed by atoms with van der Waals surface area (Å²) in [6, 6.07) is 6.98. The standard InChI is InChI=1S/C14H11BrFNO4/c1-8-2-3-9(16)6-10(8)17-13(18)7-20-14(19)11-4-5-12(15)21-11/h2-6H,7H2,1H3,(H,17,18). The van der Waals surface area contributed by atoms with Gasteiger partial charge in [-0.15, -0.1) is 0 Å². The molecule has 1 aromatic carbocycles. The zero-order valence-corrected chi connectivity index (χ0v) is 12.6. The third-order valence-electron chi connectivity index (χ3n) is 2.58. The molecule has 5 nitrogen and oxygen atoms in total. The average Bonchev–Trinajstić information content (AvgIpc) is 2.87. The molecule has 0 unspecified atom stereocenters. The number of furan rings is 1. The maximum atomic E-state index is 13.1. The van der Waals surface area contributed by atoms with E-state index in [0.717, 1.165) is 0 Å². The number of benzene rings is 1. The molecule has 0 saturated carbocycles. The number of carbonyl (C=O) groups is 2. The molecule has 0 aliphatic rings. The topological polar surface area (TPSA) is 68.5 Å². The molecule has 1 N–H and O–H groups in total. The van der Waals surface area contributed by atoms with Gasteiger partial charge in [0.15, 0.2) is 11.3 Å². The lowest BCUT2D eigenvalue weighted by molar-refractivity contribution is -0.119. The van der Waals surface area contributed by atoms with Crippen LogP contribution < -0.4 is 5.32 Å². The van der Waals surface area contributed by atoms with Gasteiger partial charge in [0, 0.05) is 5.69 Å². The number of hydrogen-bond acceptors (Lipinski definition) is 4. The Bertz CT molecular complexity index is 683. The minimum atomic E-state index is -0.758. The summed E-state index contributed by atoms with van der Waals surface area (Å²) >= 11 is 3.05. The third-order valence-corrected chi connectivity index (χ3v) is 3.01. The van der Waals surface area contributed by atoms with Crippen LogP contribution in [0.4, 0.5) is 10.1 Å². The molecule has 21 heavy (non-hydrogen) atoms. The van der Waals surface area contributed by atoms with Crippen molar-refractivity contribution >= 4 is 33.5 Å². The SMILES string of the molecule is Cc1ccc(F)cc1NC(=O)COC(=O)c1ccc(Br)o1. The van der Waals surface area contributed by atoms with E-state index in [1.165, 1.54) is 30.3 Å². The van der Waals surface area contributed by atoms with E-state index in [4.69, 9.17) is 9.15 Å². The molecular weight excluding hydrogens is 345 g/mol. The van der Waals surface area contributed by atoms with Crippen LogP contribution in [0.15, 0.2) is 39.4 Å². The van der Waals surface area contributed by atoms with Gasteiger partial charge in [0.1, 0.15) is 5.82 Å². The number of ether oxygens (including phenoxy) is 1. The second kappa shape index (κ2) is 6.53. The molecule has 2 rings (SSSR count). The number of aryl methyl sites for hydroxylation is 1. The Morgan fingerprint density at radius 2 is 2.10 bits per heavy atom. The average molecular weight is 356 g/mol. The van der Waals surface area contributed by atoms with Gasteiger partial charge in [-0.1, -0.05) is 6.07 Å². The van der Waals surface area contributed by atoms with Crippen molar-refractivity contribution in [2.24, 2.45) is 0 Å². The lowest BCUT2D eigenvalue weighted by atomic mass is 10.2. The summed E-state index contributed by atoms with van der Waals surface area (Å²) in [4.78, 5) is 23.2. The Kier molecular flexibility index (Phi) is 4.74. The van der Waals surface area contributed by atoms with Crippen molar-refractivity contribution in [1.29, 1.82) is 0 Å². The normalized spacial score (nSPS) is 10.2. The quantitative estimate of drug-likeness (QED) is 0.854. The maximum Gasteiger partial charge on any atom is 0.374 e. The van der Waals surface area contributed by atoms with Gasteiger partial charge in [0.25, 0.3) is 5.91 Å². The van der Waals surface area contributed by atoms with E-state index in [1.54, 1.807) is 6.92 Å². The van der Waals surface area contributed by atoms with Crippen LogP contribution in [0.3, 0.4) is 0 Å². The van der Waals surface area contributed by atoms with E-state index in [0.29, 0.717) is 15.9 Å². The van der Waals surface area contributed by atoms with E-state index in [1.807, 2.05) is 0 Å². The van der Waals surface area contributed by atoms with Crippen LogP contribution >= 0.6 is 15.9 Å². The third kappa shape index (κ3) is 4.16. The molecule has 1 amide bonds. The van der Waals surface area contributed by atoms with E-state index < -0.39 is 24.3 Å². The van der Waals surface area contributed by atoms with Gasteiger partial charge in [-0.25, -0.2) is 9.18 Å². The molecule has 0 aliphatic carbocycles. The van der Waals surface area contributed by atoms with Crippen molar-refractivity contribution < 1.29 is 23.1 Å². The van der Waals surface area contributed by atoms with Gasteiger partial charge in [0.2, 0.25) is 5.76 Å². The number of amides is 1. The summed E-state index contributed by atoms with van der Waals surface area (Å²) < 4.78 is 23.2. The Labute approximate surface area is 128 Å². The molecule has 0 aliphatic heterocycles. The highest BCUT2D eigenvalue weighted by molar-refractivity contribution is 9.10. The summed E-state index contributed by atoms with van der Waals surface area (Å²) in [6.07, 6.45) is 0. The molecule has 0 fully saturated rings. The van der Waals surface area contributed by atoms with Gasteiger partial charge in [-0.3, -0.25) is 4.79 Å². The van der Waals surface area contributed by atoms with Gasteiger partial charge in [-0.05, 0) is 52.7 Å². The Hall–Kier alpha value is -2.15. The zero-order chi connectivity index (χ0) is 15.4. The highest BCUT2D eigenvalue weighted by Crippen LogP contribution is 2.16. The van der Waals surface area contributed by atoms with Crippen molar-refractivity contribution in [3.8, 4) is 0 Å². The molecule has 0 radical (unpaired) electrons. The van der Waals surface area contributed by atoms with Gasteiger partial charge in [0.05, 0.1) is 0 Å². The minimum absolute atomic E-state index is 0.0170. The van der Waals surface area contributed by atoms with Crippen molar-refractivity contribution in [3.63, 3.8) is 0 Å². The van der Waals surface area contributed by atoms with Gasteiger partial charge in [-0.2, -0.15) is 0 Å². The predicted molar refractivity (Wildman–Crippen MR) is 76.5 cm³/mol. The summed E-state index contributed by atoms with van der Waals surface area (Å²) in [7, 11) is 0. The molecule has 1 aromatic heterocycles. The summed E-state index contributed by atoms with van der Waals surface area (Å²) in [5.41, 5.74) is 1.03. The second-order valence-corrected chi connectivity index (χ2v) is 4.97.